The molecule has 1 aliphatic carbocycles. The van der Waals surface area contributed by atoms with Crippen molar-refractivity contribution in [2.24, 2.45) is 0 Å². The summed E-state index contributed by atoms with van der Waals surface area (Å²) in [7, 11) is 0. The molecule has 0 amide bonds. The van der Waals surface area contributed by atoms with Gasteiger partial charge in [0, 0.05) is 26.5 Å². The van der Waals surface area contributed by atoms with Gasteiger partial charge < -0.3 is 0 Å². The molecule has 0 unspecified atom stereocenters. The Bertz CT molecular complexity index is 2610. The second-order valence-electron chi connectivity index (χ2n) is 13.1. The van der Waals surface area contributed by atoms with E-state index in [0.717, 1.165) is 38.9 Å². The quantitative estimate of drug-likeness (QED) is 0.185. The summed E-state index contributed by atoms with van der Waals surface area (Å²) in [6.07, 6.45) is 0. The van der Waals surface area contributed by atoms with Gasteiger partial charge in [-0.05, 0) is 74.8 Å². The van der Waals surface area contributed by atoms with Crippen molar-refractivity contribution in [3.05, 3.63) is 198 Å². The largest absolute Gasteiger partial charge is 0.208 e. The monoisotopic (exact) mass is 680 g/mol. The number of fused-ring (bicyclic) bond motifs is 9. The van der Waals surface area contributed by atoms with Crippen molar-refractivity contribution < 1.29 is 0 Å². The normalized spacial score (nSPS) is 13.1. The zero-order valence-corrected chi connectivity index (χ0v) is 28.7. The predicted octanol–water partition coefficient (Wildman–Crippen LogP) is 11.2. The molecule has 0 bridgehead atoms. The second kappa shape index (κ2) is 12.0. The van der Waals surface area contributed by atoms with Crippen LogP contribution in [0.5, 0.6) is 0 Å². The average molecular weight is 681 g/mol. The van der Waals surface area contributed by atoms with Crippen molar-refractivity contribution in [3.8, 4) is 62.5 Å². The van der Waals surface area contributed by atoms with Crippen LogP contribution in [0, 0.1) is 11.3 Å². The van der Waals surface area contributed by atoms with Gasteiger partial charge in [-0.1, -0.05) is 151 Å². The average Bonchev–Trinajstić information content (AvgIpc) is 3.50. The van der Waals surface area contributed by atoms with Gasteiger partial charge in [-0.2, -0.15) is 5.26 Å². The number of aromatic nitrogens is 3. The summed E-state index contributed by atoms with van der Waals surface area (Å²) in [5.41, 5.74) is 12.4. The van der Waals surface area contributed by atoms with E-state index < -0.39 is 5.41 Å². The molecule has 5 heteroatoms. The zero-order valence-electron chi connectivity index (χ0n) is 27.9. The first kappa shape index (κ1) is 30.2. The van der Waals surface area contributed by atoms with Crippen LogP contribution in [-0.4, -0.2) is 15.0 Å². The van der Waals surface area contributed by atoms with E-state index in [1.165, 1.54) is 32.0 Å². The van der Waals surface area contributed by atoms with Gasteiger partial charge in [-0.15, -0.1) is 0 Å². The molecule has 0 saturated heterocycles. The Kier molecular flexibility index (Phi) is 6.99. The van der Waals surface area contributed by atoms with Gasteiger partial charge in [-0.3, -0.25) is 0 Å². The van der Waals surface area contributed by atoms with Gasteiger partial charge in [0.15, 0.2) is 17.5 Å². The van der Waals surface area contributed by atoms with Crippen LogP contribution in [0.4, 0.5) is 0 Å². The smallest absolute Gasteiger partial charge is 0.164 e. The van der Waals surface area contributed by atoms with Gasteiger partial charge in [0.25, 0.3) is 0 Å². The lowest BCUT2D eigenvalue weighted by Crippen LogP contribution is -2.31. The number of hydrogen-bond donors (Lipinski definition) is 0. The van der Waals surface area contributed by atoms with Crippen molar-refractivity contribution in [1.82, 2.24) is 15.0 Å². The lowest BCUT2D eigenvalue weighted by molar-refractivity contribution is 0.722. The molecule has 2 aliphatic rings. The summed E-state index contributed by atoms with van der Waals surface area (Å²) in [4.78, 5) is 17.2. The first-order valence-electron chi connectivity index (χ1n) is 17.2. The number of benzene rings is 7. The molecule has 1 spiro atoms. The standard InChI is InChI=1S/C47H28N4S/c48-29-30-19-25-38-36(27-30)37-28-35(24-26-39(37)47(38)40-15-7-9-17-42(40)52-43-18-10-8-16-41(43)47)31-20-22-34(23-21-31)46-50-44(32-11-3-1-4-12-32)49-45(51-46)33-13-5-2-6-14-33/h1-28H. The van der Waals surface area contributed by atoms with Crippen LogP contribution < -0.4 is 0 Å². The Hall–Kier alpha value is -6.61. The minimum absolute atomic E-state index is 0.481. The van der Waals surface area contributed by atoms with Gasteiger partial charge in [0.05, 0.1) is 17.0 Å². The summed E-state index contributed by atoms with van der Waals surface area (Å²) in [5.74, 6) is 1.90. The first-order chi connectivity index (χ1) is 25.7. The number of rotatable bonds is 4. The van der Waals surface area contributed by atoms with Crippen LogP contribution in [0.3, 0.4) is 0 Å². The van der Waals surface area contributed by atoms with Crippen LogP contribution in [-0.2, 0) is 5.41 Å². The Morgan fingerprint density at radius 2 is 0.846 bits per heavy atom. The summed E-state index contributed by atoms with van der Waals surface area (Å²) in [6, 6.07) is 61.5. The predicted molar refractivity (Wildman–Crippen MR) is 208 cm³/mol. The fourth-order valence-corrected chi connectivity index (χ4v) is 9.10. The third-order valence-electron chi connectivity index (χ3n) is 10.2. The molecule has 8 aromatic rings. The Balaban J connectivity index is 1.11. The van der Waals surface area contributed by atoms with Crippen molar-refractivity contribution in [3.63, 3.8) is 0 Å². The van der Waals surface area contributed by atoms with Crippen LogP contribution in [0.15, 0.2) is 180 Å². The summed E-state index contributed by atoms with van der Waals surface area (Å²) in [6.45, 7) is 0. The van der Waals surface area contributed by atoms with Crippen molar-refractivity contribution in [2.75, 3.05) is 0 Å². The van der Waals surface area contributed by atoms with Gasteiger partial charge in [0.2, 0.25) is 0 Å². The molecule has 0 radical (unpaired) electrons. The summed E-state index contributed by atoms with van der Waals surface area (Å²) < 4.78 is 0. The molecular formula is C47H28N4S. The molecule has 0 N–H and O–H groups in total. The molecule has 2 heterocycles. The van der Waals surface area contributed by atoms with Gasteiger partial charge in [0.1, 0.15) is 0 Å². The molecule has 52 heavy (non-hydrogen) atoms. The van der Waals surface area contributed by atoms with Crippen LogP contribution in [0.1, 0.15) is 27.8 Å². The molecule has 242 valence electrons. The maximum atomic E-state index is 9.98. The Morgan fingerprint density at radius 1 is 0.404 bits per heavy atom. The molecule has 0 atom stereocenters. The van der Waals surface area contributed by atoms with Crippen molar-refractivity contribution in [2.45, 2.75) is 15.2 Å². The van der Waals surface area contributed by atoms with Crippen LogP contribution in [0.2, 0.25) is 0 Å². The molecular weight excluding hydrogens is 653 g/mol. The van der Waals surface area contributed by atoms with Crippen LogP contribution >= 0.6 is 11.8 Å². The SMILES string of the molecule is N#Cc1ccc2c(c1)-c1cc(-c3ccc(-c4nc(-c5ccccc5)nc(-c5ccccc5)n4)cc3)ccc1C21c2ccccc2Sc2ccccc21. The van der Waals surface area contributed by atoms with Crippen LogP contribution in [0.25, 0.3) is 56.4 Å². The number of nitrogens with zero attached hydrogens (tertiary/aromatic N) is 4. The van der Waals surface area contributed by atoms with E-state index in [1.807, 2.05) is 78.5 Å². The lowest BCUT2D eigenvalue weighted by Gasteiger charge is -2.39. The second-order valence-corrected chi connectivity index (χ2v) is 14.2. The molecule has 1 aromatic heterocycles. The zero-order chi connectivity index (χ0) is 34.6. The highest BCUT2D eigenvalue weighted by atomic mass is 32.2. The van der Waals surface area contributed by atoms with E-state index in [-0.39, 0.29) is 0 Å². The first-order valence-corrected chi connectivity index (χ1v) is 18.1. The molecule has 4 nitrogen and oxygen atoms in total. The topological polar surface area (TPSA) is 62.5 Å². The van der Waals surface area contributed by atoms with E-state index in [0.29, 0.717) is 23.0 Å². The van der Waals surface area contributed by atoms with E-state index in [9.17, 15) is 5.26 Å². The molecule has 10 rings (SSSR count). The molecule has 7 aromatic carbocycles. The van der Waals surface area contributed by atoms with Gasteiger partial charge >= 0.3 is 0 Å². The van der Waals surface area contributed by atoms with E-state index >= 15 is 0 Å². The summed E-state index contributed by atoms with van der Waals surface area (Å²) in [5, 5.41) is 9.98. The fraction of sp³-hybridized carbons (Fsp3) is 0.0213. The molecule has 0 saturated carbocycles. The third-order valence-corrected chi connectivity index (χ3v) is 11.4. The lowest BCUT2D eigenvalue weighted by atomic mass is 9.67. The fourth-order valence-electron chi connectivity index (χ4n) is 7.91. The minimum atomic E-state index is -0.481. The highest BCUT2D eigenvalue weighted by Crippen LogP contribution is 2.62. The maximum absolute atomic E-state index is 9.98. The third kappa shape index (κ3) is 4.66. The Labute approximate surface area is 306 Å². The van der Waals surface area contributed by atoms with Crippen molar-refractivity contribution in [1.29, 1.82) is 5.26 Å². The Morgan fingerprint density at radius 3 is 1.40 bits per heavy atom. The number of nitriles is 1. The summed E-state index contributed by atoms with van der Waals surface area (Å²) >= 11 is 1.83. The van der Waals surface area contributed by atoms with Crippen molar-refractivity contribution >= 4 is 11.8 Å². The highest BCUT2D eigenvalue weighted by molar-refractivity contribution is 7.99. The highest BCUT2D eigenvalue weighted by Gasteiger charge is 2.50. The maximum Gasteiger partial charge on any atom is 0.164 e. The minimum Gasteiger partial charge on any atom is -0.208 e. The van der Waals surface area contributed by atoms with E-state index in [2.05, 4.69) is 109 Å². The molecule has 1 aliphatic heterocycles. The van der Waals surface area contributed by atoms with Gasteiger partial charge in [-0.25, -0.2) is 15.0 Å². The number of hydrogen-bond acceptors (Lipinski definition) is 5. The van der Waals surface area contributed by atoms with E-state index in [4.69, 9.17) is 15.0 Å². The van der Waals surface area contributed by atoms with E-state index in [1.54, 1.807) is 0 Å². The molecule has 0 fully saturated rings.